The molecule has 0 atom stereocenters. The minimum Gasteiger partial charge on any atom is -0.352 e. The van der Waals surface area contributed by atoms with Crippen LogP contribution in [0.15, 0.2) is 72.8 Å². The number of hydrogen-bond donors (Lipinski definition) is 2. The van der Waals surface area contributed by atoms with Gasteiger partial charge in [0, 0.05) is 18.7 Å². The molecule has 0 saturated carbocycles. The lowest BCUT2D eigenvalue weighted by Crippen LogP contribution is -2.27. The summed E-state index contributed by atoms with van der Waals surface area (Å²) in [5.41, 5.74) is 3.95. The van der Waals surface area contributed by atoms with Gasteiger partial charge in [-0.05, 0) is 48.9 Å². The summed E-state index contributed by atoms with van der Waals surface area (Å²) in [6, 6.07) is 22.3. The second-order valence-corrected chi connectivity index (χ2v) is 7.91. The number of halogens is 1. The maximum Gasteiger partial charge on any atom is 0.252 e. The topological polar surface area (TPSA) is 76.0 Å². The Balaban J connectivity index is 1.48. The SMILES string of the molecule is Cc1cccc(NC(=O)Cn2c(CCNC(=O)c3ccccc3Cl)nc3ccccc32)c1. The molecule has 1 heterocycles. The zero-order valence-corrected chi connectivity index (χ0v) is 18.4. The number of nitrogens with one attached hydrogen (secondary N) is 2. The number of carbonyl (C=O) groups excluding carboxylic acids is 2. The van der Waals surface area contributed by atoms with Crippen molar-refractivity contribution in [1.29, 1.82) is 0 Å². The van der Waals surface area contributed by atoms with Crippen molar-refractivity contribution in [2.45, 2.75) is 19.9 Å². The van der Waals surface area contributed by atoms with E-state index in [0.29, 0.717) is 23.6 Å². The fourth-order valence-electron chi connectivity index (χ4n) is 3.59. The molecule has 0 radical (unpaired) electrons. The molecule has 0 aliphatic heterocycles. The van der Waals surface area contributed by atoms with Crippen LogP contribution in [0.1, 0.15) is 21.7 Å². The summed E-state index contributed by atoms with van der Waals surface area (Å²) in [6.07, 6.45) is 0.475. The van der Waals surface area contributed by atoms with Crippen LogP contribution < -0.4 is 10.6 Å². The summed E-state index contributed by atoms with van der Waals surface area (Å²) < 4.78 is 1.89. The molecule has 1 aromatic heterocycles. The number of nitrogens with zero attached hydrogens (tertiary/aromatic N) is 2. The number of fused-ring (bicyclic) bond motifs is 1. The van der Waals surface area contributed by atoms with Crippen molar-refractivity contribution in [3.63, 3.8) is 0 Å². The fraction of sp³-hybridized carbons (Fsp3) is 0.160. The monoisotopic (exact) mass is 446 g/mol. The zero-order chi connectivity index (χ0) is 22.5. The Bertz CT molecular complexity index is 1280. The number of rotatable bonds is 7. The van der Waals surface area contributed by atoms with Crippen molar-refractivity contribution in [2.24, 2.45) is 0 Å². The van der Waals surface area contributed by atoms with Gasteiger partial charge in [-0.25, -0.2) is 4.98 Å². The maximum atomic E-state index is 12.7. The molecule has 2 amide bonds. The van der Waals surface area contributed by atoms with Gasteiger partial charge in [0.15, 0.2) is 0 Å². The van der Waals surface area contributed by atoms with Crippen LogP contribution >= 0.6 is 11.6 Å². The van der Waals surface area contributed by atoms with E-state index in [-0.39, 0.29) is 18.4 Å². The van der Waals surface area contributed by atoms with Crippen molar-refractivity contribution in [1.82, 2.24) is 14.9 Å². The average Bonchev–Trinajstić information content (AvgIpc) is 3.11. The van der Waals surface area contributed by atoms with Crippen LogP contribution in [0.25, 0.3) is 11.0 Å². The minimum absolute atomic E-state index is 0.127. The second kappa shape index (κ2) is 9.66. The van der Waals surface area contributed by atoms with E-state index >= 15 is 0 Å². The Hall–Kier alpha value is -3.64. The highest BCUT2D eigenvalue weighted by Gasteiger charge is 2.15. The van der Waals surface area contributed by atoms with Gasteiger partial charge in [-0.3, -0.25) is 9.59 Å². The van der Waals surface area contributed by atoms with E-state index in [9.17, 15) is 9.59 Å². The van der Waals surface area contributed by atoms with Crippen LogP contribution in [0, 0.1) is 6.92 Å². The predicted octanol–water partition coefficient (Wildman–Crippen LogP) is 4.61. The summed E-state index contributed by atoms with van der Waals surface area (Å²) >= 11 is 6.11. The third-order valence-corrected chi connectivity index (χ3v) is 5.42. The molecule has 0 fully saturated rings. The largest absolute Gasteiger partial charge is 0.352 e. The third kappa shape index (κ3) is 4.98. The first kappa shape index (κ1) is 21.6. The summed E-state index contributed by atoms with van der Waals surface area (Å²) in [5, 5.41) is 6.23. The molecular weight excluding hydrogens is 424 g/mol. The van der Waals surface area contributed by atoms with Crippen molar-refractivity contribution >= 4 is 40.1 Å². The van der Waals surface area contributed by atoms with Gasteiger partial charge in [-0.15, -0.1) is 0 Å². The molecule has 3 aromatic carbocycles. The molecular formula is C25H23ClN4O2. The lowest BCUT2D eigenvalue weighted by atomic mass is 10.2. The molecule has 7 heteroatoms. The molecule has 162 valence electrons. The van der Waals surface area contributed by atoms with Gasteiger partial charge in [0.25, 0.3) is 5.91 Å². The van der Waals surface area contributed by atoms with Crippen LogP contribution in [0.5, 0.6) is 0 Å². The van der Waals surface area contributed by atoms with Crippen molar-refractivity contribution < 1.29 is 9.59 Å². The van der Waals surface area contributed by atoms with Crippen LogP contribution in [0.2, 0.25) is 5.02 Å². The average molecular weight is 447 g/mol. The van der Waals surface area contributed by atoms with Crippen molar-refractivity contribution in [2.75, 3.05) is 11.9 Å². The van der Waals surface area contributed by atoms with E-state index in [1.165, 1.54) is 0 Å². The highest BCUT2D eigenvalue weighted by atomic mass is 35.5. The van der Waals surface area contributed by atoms with E-state index in [1.807, 2.05) is 60.0 Å². The van der Waals surface area contributed by atoms with Gasteiger partial charge in [0.1, 0.15) is 12.4 Å². The Morgan fingerprint density at radius 2 is 1.78 bits per heavy atom. The van der Waals surface area contributed by atoms with Crippen molar-refractivity contribution in [3.05, 3.63) is 94.8 Å². The number of hydrogen-bond acceptors (Lipinski definition) is 3. The second-order valence-electron chi connectivity index (χ2n) is 7.51. The van der Waals surface area contributed by atoms with Crippen LogP contribution in [0.4, 0.5) is 5.69 Å². The minimum atomic E-state index is -0.240. The molecule has 0 bridgehead atoms. The van der Waals surface area contributed by atoms with Crippen LogP contribution in [0.3, 0.4) is 0 Å². The Morgan fingerprint density at radius 1 is 1.00 bits per heavy atom. The van der Waals surface area contributed by atoms with Gasteiger partial charge < -0.3 is 15.2 Å². The smallest absolute Gasteiger partial charge is 0.252 e. The highest BCUT2D eigenvalue weighted by Crippen LogP contribution is 2.18. The van der Waals surface area contributed by atoms with E-state index in [0.717, 1.165) is 28.1 Å². The number of benzene rings is 3. The summed E-state index contributed by atoms with van der Waals surface area (Å²) in [7, 11) is 0. The Morgan fingerprint density at radius 3 is 2.59 bits per heavy atom. The van der Waals surface area contributed by atoms with Gasteiger partial charge in [0.05, 0.1) is 21.6 Å². The molecule has 0 aliphatic rings. The first-order valence-corrected chi connectivity index (χ1v) is 10.7. The molecule has 2 N–H and O–H groups in total. The van der Waals surface area contributed by atoms with Gasteiger partial charge in [-0.2, -0.15) is 0 Å². The summed E-state index contributed by atoms with van der Waals surface area (Å²) in [5.74, 6) is 0.348. The van der Waals surface area contributed by atoms with Gasteiger partial charge in [-0.1, -0.05) is 48.0 Å². The molecule has 0 spiro atoms. The van der Waals surface area contributed by atoms with E-state index in [1.54, 1.807) is 24.3 Å². The number of para-hydroxylation sites is 2. The first-order chi connectivity index (χ1) is 15.5. The predicted molar refractivity (Wildman–Crippen MR) is 127 cm³/mol. The Kier molecular flexibility index (Phi) is 6.52. The number of imidazole rings is 1. The van der Waals surface area contributed by atoms with E-state index in [4.69, 9.17) is 11.6 Å². The van der Waals surface area contributed by atoms with Gasteiger partial charge in [0.2, 0.25) is 5.91 Å². The number of amides is 2. The normalized spacial score (nSPS) is 10.8. The maximum absolute atomic E-state index is 12.7. The quantitative estimate of drug-likeness (QED) is 0.435. The van der Waals surface area contributed by atoms with Crippen LogP contribution in [-0.4, -0.2) is 27.9 Å². The number of carbonyl (C=O) groups is 2. The fourth-order valence-corrected chi connectivity index (χ4v) is 3.81. The lowest BCUT2D eigenvalue weighted by molar-refractivity contribution is -0.116. The van der Waals surface area contributed by atoms with Crippen molar-refractivity contribution in [3.8, 4) is 0 Å². The Labute approximate surface area is 191 Å². The number of aromatic nitrogens is 2. The van der Waals surface area contributed by atoms with E-state index in [2.05, 4.69) is 15.6 Å². The van der Waals surface area contributed by atoms with Crippen LogP contribution in [-0.2, 0) is 17.8 Å². The van der Waals surface area contributed by atoms with Gasteiger partial charge >= 0.3 is 0 Å². The molecule has 32 heavy (non-hydrogen) atoms. The lowest BCUT2D eigenvalue weighted by Gasteiger charge is -2.11. The zero-order valence-electron chi connectivity index (χ0n) is 17.6. The molecule has 4 rings (SSSR count). The molecule has 4 aromatic rings. The summed E-state index contributed by atoms with van der Waals surface area (Å²) in [6.45, 7) is 2.48. The summed E-state index contributed by atoms with van der Waals surface area (Å²) in [4.78, 5) is 29.9. The molecule has 6 nitrogen and oxygen atoms in total. The number of aryl methyl sites for hydroxylation is 1. The highest BCUT2D eigenvalue weighted by molar-refractivity contribution is 6.33. The third-order valence-electron chi connectivity index (χ3n) is 5.09. The van der Waals surface area contributed by atoms with E-state index < -0.39 is 0 Å². The number of anilines is 1. The first-order valence-electron chi connectivity index (χ1n) is 10.3. The standard InChI is InChI=1S/C25H23ClN4O2/c1-17-7-6-8-18(15-17)28-24(31)16-30-22-12-5-4-11-21(22)29-23(30)13-14-27-25(32)19-9-2-3-10-20(19)26/h2-12,15H,13-14,16H2,1H3,(H,27,32)(H,28,31). The molecule has 0 saturated heterocycles. The molecule has 0 unspecified atom stereocenters. The molecule has 0 aliphatic carbocycles.